The van der Waals surface area contributed by atoms with Crippen molar-refractivity contribution < 1.29 is 9.58 Å². The Hall–Kier alpha value is -3.25. The Morgan fingerprint density at radius 1 is 1.24 bits per heavy atom. The van der Waals surface area contributed by atoms with Crippen LogP contribution in [0.5, 0.6) is 0 Å². The molecule has 0 aliphatic heterocycles. The molecule has 0 spiro atoms. The number of aromatic nitrogens is 2. The van der Waals surface area contributed by atoms with Crippen molar-refractivity contribution >= 4 is 23.8 Å². The number of carbonyl (C=O) groups excluding carboxylic acids is 1. The number of hydrogen-bond donors (Lipinski definition) is 0. The molecule has 17 heavy (non-hydrogen) atoms. The quantitative estimate of drug-likeness (QED) is 0.252. The van der Waals surface area contributed by atoms with Crippen molar-refractivity contribution in [2.24, 2.45) is 10.2 Å². The Morgan fingerprint density at radius 3 is 2.53 bits per heavy atom. The molecule has 0 atom stereocenters. The third-order valence-electron chi connectivity index (χ3n) is 1.41. The van der Waals surface area contributed by atoms with Crippen LogP contribution in [0.15, 0.2) is 16.3 Å². The summed E-state index contributed by atoms with van der Waals surface area (Å²) in [5, 5.41) is 6.21. The first-order valence-corrected chi connectivity index (χ1v) is 3.92. The highest BCUT2D eigenvalue weighted by molar-refractivity contribution is 6.32. The van der Waals surface area contributed by atoms with Gasteiger partial charge in [-0.15, -0.1) is 0 Å². The molecule has 0 amide bonds. The molecule has 11 nitrogen and oxygen atoms in total. The first kappa shape index (κ1) is 11.8. The minimum Gasteiger partial charge on any atom is -0.361 e. The molecule has 0 aliphatic rings. The van der Waals surface area contributed by atoms with Crippen molar-refractivity contribution in [2.75, 3.05) is 0 Å². The van der Waals surface area contributed by atoms with Gasteiger partial charge in [0.2, 0.25) is 5.95 Å². The van der Waals surface area contributed by atoms with Gasteiger partial charge >= 0.3 is 6.21 Å². The fraction of sp³-hybridized carbons (Fsp3) is 0. The predicted molar refractivity (Wildman–Crippen MR) is 53.7 cm³/mol. The van der Waals surface area contributed by atoms with Crippen LogP contribution in [0.2, 0.25) is 0 Å². The zero-order chi connectivity index (χ0) is 12.7. The lowest BCUT2D eigenvalue weighted by Gasteiger charge is -1.96. The average molecular weight is 230 g/mol. The molecule has 1 aromatic rings. The van der Waals surface area contributed by atoms with Gasteiger partial charge in [-0.1, -0.05) is 0 Å². The Bertz CT molecular complexity index is 565. The third kappa shape index (κ3) is 3.11. The van der Waals surface area contributed by atoms with Crippen LogP contribution in [0.1, 0.15) is 10.5 Å². The van der Waals surface area contributed by atoms with Gasteiger partial charge in [-0.3, -0.25) is 4.79 Å². The topological polar surface area (TPSA) is 177 Å². The lowest BCUT2D eigenvalue weighted by atomic mass is 10.3. The summed E-state index contributed by atoms with van der Waals surface area (Å²) in [6.07, 6.45) is 0.585. The summed E-state index contributed by atoms with van der Waals surface area (Å²) < 4.78 is 0. The number of hydrogen-bond acceptors (Lipinski definition) is 5. The van der Waals surface area contributed by atoms with Crippen molar-refractivity contribution in [3.8, 4) is 0 Å². The molecule has 0 N–H and O–H groups in total. The maximum Gasteiger partial charge on any atom is 0.329 e. The molecule has 1 rings (SSSR count). The van der Waals surface area contributed by atoms with Gasteiger partial charge in [0, 0.05) is 9.82 Å². The summed E-state index contributed by atoms with van der Waals surface area (Å²) in [4.78, 5) is 25.8. The molecule has 0 radical (unpaired) electrons. The number of nitrogens with zero attached hydrogens (tertiary/aromatic N) is 10. The Labute approximate surface area is 92.6 Å². The maximum atomic E-state index is 11.3. The summed E-state index contributed by atoms with van der Waals surface area (Å²) in [5.41, 5.74) is 24.4. The van der Waals surface area contributed by atoms with Crippen LogP contribution in [-0.2, 0) is 0 Å². The molecule has 1 aromatic heterocycles. The highest BCUT2D eigenvalue weighted by Gasteiger charge is 2.12. The van der Waals surface area contributed by atoms with Gasteiger partial charge < -0.3 is 5.53 Å². The SMILES string of the molecule is [N-]=[N+]=CC(=O)c1cc(N=[N+]=[N-])nc(N=[N+]=[N-])n1. The van der Waals surface area contributed by atoms with Crippen molar-refractivity contribution in [3.63, 3.8) is 0 Å². The van der Waals surface area contributed by atoms with E-state index in [0.29, 0.717) is 6.21 Å². The van der Waals surface area contributed by atoms with Crippen LogP contribution >= 0.6 is 0 Å². The highest BCUT2D eigenvalue weighted by Crippen LogP contribution is 2.15. The smallest absolute Gasteiger partial charge is 0.329 e. The van der Waals surface area contributed by atoms with Crippen LogP contribution < -0.4 is 0 Å². The molecule has 0 saturated carbocycles. The predicted octanol–water partition coefficient (Wildman–Crippen LogP) is 1.84. The summed E-state index contributed by atoms with van der Waals surface area (Å²) >= 11 is 0. The van der Waals surface area contributed by atoms with Crippen LogP contribution in [-0.4, -0.2) is 26.8 Å². The van der Waals surface area contributed by atoms with E-state index >= 15 is 0 Å². The summed E-state index contributed by atoms with van der Waals surface area (Å²) in [7, 11) is 0. The van der Waals surface area contributed by atoms with E-state index in [0.717, 1.165) is 6.07 Å². The van der Waals surface area contributed by atoms with Gasteiger partial charge in [0.15, 0.2) is 0 Å². The van der Waals surface area contributed by atoms with Gasteiger partial charge in [-0.2, -0.15) is 4.79 Å². The van der Waals surface area contributed by atoms with E-state index in [-0.39, 0.29) is 17.5 Å². The maximum absolute atomic E-state index is 11.3. The summed E-state index contributed by atoms with van der Waals surface area (Å²) in [5.74, 6) is -1.34. The minimum absolute atomic E-state index is 0.195. The summed E-state index contributed by atoms with van der Waals surface area (Å²) in [6, 6.07) is 1.06. The minimum atomic E-state index is -0.765. The molecule has 11 heteroatoms. The monoisotopic (exact) mass is 230 g/mol. The van der Waals surface area contributed by atoms with Crippen LogP contribution in [0, 0.1) is 0 Å². The van der Waals surface area contributed by atoms with Crippen LogP contribution in [0.25, 0.3) is 26.4 Å². The molecular weight excluding hydrogens is 228 g/mol. The molecule has 82 valence electrons. The fourth-order valence-corrected chi connectivity index (χ4v) is 0.849. The second kappa shape index (κ2) is 5.59. The van der Waals surface area contributed by atoms with Crippen molar-refractivity contribution in [1.29, 1.82) is 0 Å². The Balaban J connectivity index is 3.39. The van der Waals surface area contributed by atoms with Crippen LogP contribution in [0.3, 0.4) is 0 Å². The zero-order valence-corrected chi connectivity index (χ0v) is 8.04. The molecule has 0 unspecified atom stereocenters. The average Bonchev–Trinajstić information content (AvgIpc) is 2.30. The highest BCUT2D eigenvalue weighted by atomic mass is 16.1. The van der Waals surface area contributed by atoms with E-state index in [1.54, 1.807) is 0 Å². The number of rotatable bonds is 4. The van der Waals surface area contributed by atoms with E-state index in [9.17, 15) is 4.79 Å². The van der Waals surface area contributed by atoms with E-state index in [1.807, 2.05) is 0 Å². The second-order valence-corrected chi connectivity index (χ2v) is 2.40. The lowest BCUT2D eigenvalue weighted by Crippen LogP contribution is -2.04. The molecule has 0 bridgehead atoms. The molecule has 0 aromatic carbocycles. The number of azide groups is 2. The van der Waals surface area contributed by atoms with Gasteiger partial charge in [0.25, 0.3) is 5.78 Å². The van der Waals surface area contributed by atoms with Gasteiger partial charge in [0.1, 0.15) is 11.5 Å². The molecule has 1 heterocycles. The largest absolute Gasteiger partial charge is 0.361 e. The standard InChI is InChI=1S/C6H2N10O/c7-10-2-4(17)3-1-5(13-15-8)12-6(11-3)14-16-9/h1-2H. The normalized spacial score (nSPS) is 8.24. The second-order valence-electron chi connectivity index (χ2n) is 2.40. The van der Waals surface area contributed by atoms with Crippen molar-refractivity contribution in [2.45, 2.75) is 0 Å². The van der Waals surface area contributed by atoms with E-state index in [2.05, 4.69) is 34.8 Å². The Kier molecular flexibility index (Phi) is 3.89. The third-order valence-corrected chi connectivity index (χ3v) is 1.41. The first-order chi connectivity index (χ1) is 8.21. The summed E-state index contributed by atoms with van der Waals surface area (Å²) in [6.45, 7) is 0. The van der Waals surface area contributed by atoms with Gasteiger partial charge in [0.05, 0.1) is 0 Å². The molecule has 0 saturated heterocycles. The van der Waals surface area contributed by atoms with Gasteiger partial charge in [-0.25, -0.2) is 9.97 Å². The van der Waals surface area contributed by atoms with E-state index in [4.69, 9.17) is 16.6 Å². The zero-order valence-electron chi connectivity index (χ0n) is 8.04. The Morgan fingerprint density at radius 2 is 1.94 bits per heavy atom. The number of carbonyl (C=O) groups is 1. The molecular formula is C6H2N10O. The van der Waals surface area contributed by atoms with Crippen molar-refractivity contribution in [1.82, 2.24) is 9.97 Å². The fourth-order valence-electron chi connectivity index (χ4n) is 0.849. The number of ketones is 1. The van der Waals surface area contributed by atoms with Crippen LogP contribution in [0.4, 0.5) is 11.8 Å². The molecule has 0 fully saturated rings. The van der Waals surface area contributed by atoms with Crippen molar-refractivity contribution in [3.05, 3.63) is 38.2 Å². The number of Topliss-reactive ketones (excluding diaryl/α,β-unsaturated/α-hetero) is 1. The lowest BCUT2D eigenvalue weighted by molar-refractivity contribution is 0.00230. The van der Waals surface area contributed by atoms with Gasteiger partial charge in [-0.05, 0) is 27.4 Å². The van der Waals surface area contributed by atoms with E-state index < -0.39 is 5.78 Å². The first-order valence-electron chi connectivity index (χ1n) is 3.92. The molecule has 0 aliphatic carbocycles. The van der Waals surface area contributed by atoms with E-state index in [1.165, 1.54) is 0 Å².